The molecular weight excluding hydrogens is 846 g/mol. The van der Waals surface area contributed by atoms with Crippen LogP contribution in [-0.4, -0.2) is 74.9 Å². The Morgan fingerprint density at radius 1 is 0.470 bits per heavy atom. The van der Waals surface area contributed by atoms with Gasteiger partial charge < -0.3 is 18.9 Å². The molecule has 0 aromatic heterocycles. The summed E-state index contributed by atoms with van der Waals surface area (Å²) in [5, 5.41) is 0. The summed E-state index contributed by atoms with van der Waals surface area (Å²) in [6, 6.07) is 0. The Balaban J connectivity index is 4.41. The van der Waals surface area contributed by atoms with Crippen LogP contribution in [0.2, 0.25) is 0 Å². The number of nitrogens with zero attached hydrogens (tertiary/aromatic N) is 1. The predicted octanol–water partition coefficient (Wildman–Crippen LogP) is 15.0. The number of phosphoric acid groups is 1. The molecule has 0 saturated heterocycles. The summed E-state index contributed by atoms with van der Waals surface area (Å²) < 4.78 is 34.3. The van der Waals surface area contributed by atoms with Crippen LogP contribution in [-0.2, 0) is 32.7 Å². The molecule has 9 nitrogen and oxygen atoms in total. The van der Waals surface area contributed by atoms with Crippen LogP contribution in [0, 0.1) is 0 Å². The fourth-order valence-electron chi connectivity index (χ4n) is 5.87. The number of allylic oxidation sites excluding steroid dienone is 22. The molecule has 2 atom stereocenters. The van der Waals surface area contributed by atoms with Crippen molar-refractivity contribution < 1.29 is 42.1 Å². The van der Waals surface area contributed by atoms with Gasteiger partial charge in [0.15, 0.2) is 6.10 Å². The largest absolute Gasteiger partial charge is 0.472 e. The molecule has 0 rings (SSSR count). The Bertz CT molecular complexity index is 1570. The molecule has 0 bridgehead atoms. The standard InChI is InChI=1S/C56H90NO8P/c1-6-8-10-12-14-16-18-20-22-23-24-25-26-27-28-29-30-31-32-33-35-37-39-41-43-45-47-49-56(59)65-54(53-64-66(60,61)63-51-50-57(3,4)5)52-62-55(58)48-46-44-42-40-38-36-34-21-19-17-15-13-11-9-7-2/h8-11,14-17,20-22,24-25,27-28,30-31,33-35,39,41,54H,6-7,12-13,18-19,23,26,29,32,36-38,40,42-53H2,1-5H3/p+1/b10-8-,11-9-,16-14-,17-15-,22-20-,25-24-,28-27-,31-30-,34-21-,35-33-,41-39-. The maximum atomic E-state index is 12.7. The molecule has 0 aliphatic rings. The van der Waals surface area contributed by atoms with E-state index < -0.39 is 32.5 Å². The third kappa shape index (κ3) is 49.6. The number of carbonyl (C=O) groups excluding carboxylic acids is 2. The number of hydrogen-bond acceptors (Lipinski definition) is 7. The molecule has 0 aromatic carbocycles. The molecule has 0 aromatic rings. The number of hydrogen-bond donors (Lipinski definition) is 1. The second-order valence-electron chi connectivity index (χ2n) is 17.1. The molecule has 0 fully saturated rings. The summed E-state index contributed by atoms with van der Waals surface area (Å²) in [7, 11) is 1.41. The molecule has 372 valence electrons. The lowest BCUT2D eigenvalue weighted by Gasteiger charge is -2.24. The first-order valence-corrected chi connectivity index (χ1v) is 26.4. The molecule has 10 heteroatoms. The van der Waals surface area contributed by atoms with E-state index in [9.17, 15) is 19.0 Å². The number of phosphoric ester groups is 1. The zero-order chi connectivity index (χ0) is 48.5. The van der Waals surface area contributed by atoms with E-state index in [1.54, 1.807) is 0 Å². The van der Waals surface area contributed by atoms with Crippen molar-refractivity contribution in [2.45, 2.75) is 161 Å². The van der Waals surface area contributed by atoms with Crippen LogP contribution < -0.4 is 0 Å². The number of likely N-dealkylation sites (N-methyl/N-ethyl adjacent to an activating group) is 1. The van der Waals surface area contributed by atoms with Crippen molar-refractivity contribution in [3.8, 4) is 0 Å². The van der Waals surface area contributed by atoms with Crippen molar-refractivity contribution in [2.24, 2.45) is 0 Å². The summed E-state index contributed by atoms with van der Waals surface area (Å²) in [6.45, 7) is 4.09. The van der Waals surface area contributed by atoms with Gasteiger partial charge in [-0.3, -0.25) is 18.6 Å². The van der Waals surface area contributed by atoms with E-state index >= 15 is 0 Å². The van der Waals surface area contributed by atoms with Gasteiger partial charge in [-0.15, -0.1) is 0 Å². The van der Waals surface area contributed by atoms with Crippen LogP contribution in [0.4, 0.5) is 0 Å². The highest BCUT2D eigenvalue weighted by Crippen LogP contribution is 2.43. The van der Waals surface area contributed by atoms with Gasteiger partial charge in [0.25, 0.3) is 0 Å². The summed E-state index contributed by atoms with van der Waals surface area (Å²) in [5.41, 5.74) is 0. The smallest absolute Gasteiger partial charge is 0.462 e. The van der Waals surface area contributed by atoms with Gasteiger partial charge in [-0.1, -0.05) is 167 Å². The second-order valence-corrected chi connectivity index (χ2v) is 18.5. The molecule has 2 unspecified atom stereocenters. The SMILES string of the molecule is CC/C=C\C/C=C\C/C=C\C/C=C\C/C=C\C/C=C\C/C=C\C/C=C\CCCCC(=O)OC(COC(=O)CCCCCCC/C=C\C/C=C\C/C=C\CC)COP(=O)(O)OCC[N+](C)(C)C. The maximum Gasteiger partial charge on any atom is 0.472 e. The zero-order valence-corrected chi connectivity index (χ0v) is 42.8. The topological polar surface area (TPSA) is 108 Å². The van der Waals surface area contributed by atoms with Gasteiger partial charge in [-0.25, -0.2) is 4.57 Å². The van der Waals surface area contributed by atoms with Gasteiger partial charge in [0.2, 0.25) is 0 Å². The second kappa shape index (κ2) is 46.3. The van der Waals surface area contributed by atoms with Gasteiger partial charge >= 0.3 is 19.8 Å². The maximum absolute atomic E-state index is 12.7. The van der Waals surface area contributed by atoms with E-state index in [4.69, 9.17) is 18.5 Å². The average Bonchev–Trinajstić information content (AvgIpc) is 3.27. The van der Waals surface area contributed by atoms with Crippen LogP contribution in [0.5, 0.6) is 0 Å². The van der Waals surface area contributed by atoms with Gasteiger partial charge in [-0.05, 0) is 109 Å². The van der Waals surface area contributed by atoms with Crippen LogP contribution in [0.25, 0.3) is 0 Å². The zero-order valence-electron chi connectivity index (χ0n) is 41.9. The Morgan fingerprint density at radius 3 is 1.24 bits per heavy atom. The lowest BCUT2D eigenvalue weighted by molar-refractivity contribution is -0.870. The van der Waals surface area contributed by atoms with E-state index in [2.05, 4.69) is 148 Å². The molecule has 0 spiro atoms. The molecule has 1 N–H and O–H groups in total. The molecule has 0 saturated carbocycles. The van der Waals surface area contributed by atoms with Crippen LogP contribution in [0.15, 0.2) is 134 Å². The number of esters is 2. The monoisotopic (exact) mass is 937 g/mol. The number of quaternary nitrogens is 1. The van der Waals surface area contributed by atoms with E-state index in [1.807, 2.05) is 21.1 Å². The summed E-state index contributed by atoms with van der Waals surface area (Å²) >= 11 is 0. The van der Waals surface area contributed by atoms with Crippen LogP contribution >= 0.6 is 7.82 Å². The number of ether oxygens (including phenoxy) is 2. The molecule has 0 aliphatic carbocycles. The highest BCUT2D eigenvalue weighted by atomic mass is 31.2. The minimum Gasteiger partial charge on any atom is -0.462 e. The summed E-state index contributed by atoms with van der Waals surface area (Å²) in [5.74, 6) is -0.884. The van der Waals surface area contributed by atoms with Crippen molar-refractivity contribution in [1.82, 2.24) is 0 Å². The van der Waals surface area contributed by atoms with Crippen molar-refractivity contribution in [2.75, 3.05) is 47.5 Å². The first-order chi connectivity index (χ1) is 32.0. The van der Waals surface area contributed by atoms with Crippen LogP contribution in [0.3, 0.4) is 0 Å². The third-order valence-electron chi connectivity index (χ3n) is 9.68. The normalized spacial score (nSPS) is 14.6. The molecule has 0 aliphatic heterocycles. The van der Waals surface area contributed by atoms with E-state index in [1.165, 1.54) is 0 Å². The summed E-state index contributed by atoms with van der Waals surface area (Å²) in [6.07, 6.45) is 66.5. The fourth-order valence-corrected chi connectivity index (χ4v) is 6.61. The Labute approximate surface area is 402 Å². The highest BCUT2D eigenvalue weighted by molar-refractivity contribution is 7.47. The lowest BCUT2D eigenvalue weighted by Crippen LogP contribution is -2.37. The third-order valence-corrected chi connectivity index (χ3v) is 10.7. The highest BCUT2D eigenvalue weighted by Gasteiger charge is 2.27. The molecule has 0 heterocycles. The molecular formula is C56H91NO8P+. The van der Waals surface area contributed by atoms with Crippen molar-refractivity contribution in [3.63, 3.8) is 0 Å². The van der Waals surface area contributed by atoms with Gasteiger partial charge in [0.05, 0.1) is 27.7 Å². The molecule has 0 amide bonds. The van der Waals surface area contributed by atoms with Crippen molar-refractivity contribution in [3.05, 3.63) is 134 Å². The van der Waals surface area contributed by atoms with E-state index in [0.29, 0.717) is 23.9 Å². The molecule has 0 radical (unpaired) electrons. The van der Waals surface area contributed by atoms with E-state index in [-0.39, 0.29) is 26.1 Å². The average molecular weight is 937 g/mol. The molecule has 66 heavy (non-hydrogen) atoms. The number of unbranched alkanes of at least 4 members (excludes halogenated alkanes) is 7. The quantitative estimate of drug-likeness (QED) is 0.0212. The predicted molar refractivity (Wildman–Crippen MR) is 279 cm³/mol. The number of carbonyl (C=O) groups is 2. The van der Waals surface area contributed by atoms with E-state index in [0.717, 1.165) is 116 Å². The van der Waals surface area contributed by atoms with Crippen molar-refractivity contribution in [1.29, 1.82) is 0 Å². The fraction of sp³-hybridized carbons (Fsp3) is 0.571. The van der Waals surface area contributed by atoms with Crippen molar-refractivity contribution >= 4 is 19.8 Å². The lowest BCUT2D eigenvalue weighted by atomic mass is 10.1. The Hall–Kier alpha value is -3.85. The Morgan fingerprint density at radius 2 is 0.818 bits per heavy atom. The van der Waals surface area contributed by atoms with Gasteiger partial charge in [0.1, 0.15) is 19.8 Å². The first kappa shape index (κ1) is 62.1. The van der Waals surface area contributed by atoms with Crippen LogP contribution in [0.1, 0.15) is 155 Å². The minimum atomic E-state index is -4.41. The van der Waals surface area contributed by atoms with Gasteiger partial charge in [-0.2, -0.15) is 0 Å². The Kier molecular flexibility index (Phi) is 43.6. The minimum absolute atomic E-state index is 0.0114. The van der Waals surface area contributed by atoms with Gasteiger partial charge in [0, 0.05) is 12.8 Å². The first-order valence-electron chi connectivity index (χ1n) is 24.9. The summed E-state index contributed by atoms with van der Waals surface area (Å²) in [4.78, 5) is 35.5. The number of rotatable bonds is 43.